The molecule has 0 fully saturated rings. The monoisotopic (exact) mass is 178 g/mol. The first-order chi connectivity index (χ1) is 6.33. The molecule has 3 heteroatoms. The molecule has 1 aromatic rings. The number of ether oxygens (including phenoxy) is 1. The number of carbonyl (C=O) groups excluding carboxylic acids is 1. The predicted octanol–water partition coefficient (Wildman–Crippen LogP) is 1.94. The molecular weight excluding hydrogens is 166 g/mol. The van der Waals surface area contributed by atoms with Crippen LogP contribution in [0.5, 0.6) is 0 Å². The SMILES string of the molecule is CCOC(=O)N[CH]c1ccccc1. The maximum absolute atomic E-state index is 10.9. The molecule has 1 radical (unpaired) electrons. The molecule has 0 spiro atoms. The second kappa shape index (κ2) is 5.19. The normalized spacial score (nSPS) is 9.31. The summed E-state index contributed by atoms with van der Waals surface area (Å²) in [6.45, 7) is 3.76. The fourth-order valence-corrected chi connectivity index (χ4v) is 0.864. The molecule has 1 rings (SSSR count). The van der Waals surface area contributed by atoms with E-state index in [2.05, 4.69) is 10.1 Å². The van der Waals surface area contributed by atoms with Gasteiger partial charge in [0.25, 0.3) is 0 Å². The van der Waals surface area contributed by atoms with Crippen molar-refractivity contribution in [2.75, 3.05) is 6.61 Å². The Labute approximate surface area is 77.7 Å². The Bertz CT molecular complexity index is 259. The number of benzene rings is 1. The molecule has 1 N–H and O–H groups in total. The van der Waals surface area contributed by atoms with Crippen molar-refractivity contribution < 1.29 is 9.53 Å². The van der Waals surface area contributed by atoms with Crippen LogP contribution < -0.4 is 5.32 Å². The van der Waals surface area contributed by atoms with Crippen LogP contribution in [0.2, 0.25) is 0 Å². The zero-order valence-corrected chi connectivity index (χ0v) is 7.49. The molecule has 1 aromatic carbocycles. The smallest absolute Gasteiger partial charge is 0.407 e. The zero-order valence-electron chi connectivity index (χ0n) is 7.49. The summed E-state index contributed by atoms with van der Waals surface area (Å²) < 4.78 is 4.68. The summed E-state index contributed by atoms with van der Waals surface area (Å²) in [4.78, 5) is 10.9. The van der Waals surface area contributed by atoms with E-state index in [0.29, 0.717) is 6.61 Å². The lowest BCUT2D eigenvalue weighted by molar-refractivity contribution is 0.155. The first-order valence-electron chi connectivity index (χ1n) is 4.14. The zero-order chi connectivity index (χ0) is 9.52. The van der Waals surface area contributed by atoms with Crippen molar-refractivity contribution in [1.29, 1.82) is 0 Å². The Morgan fingerprint density at radius 1 is 1.46 bits per heavy atom. The summed E-state index contributed by atoms with van der Waals surface area (Å²) >= 11 is 0. The van der Waals surface area contributed by atoms with Crippen LogP contribution in [0.3, 0.4) is 0 Å². The van der Waals surface area contributed by atoms with E-state index in [4.69, 9.17) is 0 Å². The van der Waals surface area contributed by atoms with Gasteiger partial charge in [0.2, 0.25) is 0 Å². The summed E-state index contributed by atoms with van der Waals surface area (Å²) in [6.07, 6.45) is -0.425. The first-order valence-corrected chi connectivity index (χ1v) is 4.14. The Kier molecular flexibility index (Phi) is 3.82. The van der Waals surface area contributed by atoms with Gasteiger partial charge in [0.15, 0.2) is 0 Å². The second-order valence-electron chi connectivity index (χ2n) is 2.42. The van der Waals surface area contributed by atoms with E-state index in [0.717, 1.165) is 5.56 Å². The molecule has 69 valence electrons. The Hall–Kier alpha value is -1.51. The van der Waals surface area contributed by atoms with Gasteiger partial charge in [-0.2, -0.15) is 0 Å². The number of nitrogens with one attached hydrogen (secondary N) is 1. The van der Waals surface area contributed by atoms with Gasteiger partial charge in [0, 0.05) is 0 Å². The average Bonchev–Trinajstić information content (AvgIpc) is 2.17. The standard InChI is InChI=1S/C10H12NO2/c1-2-13-10(12)11-8-9-6-4-3-5-7-9/h3-8H,2H2,1H3,(H,11,12). The molecule has 3 nitrogen and oxygen atoms in total. The number of alkyl carbamates (subject to hydrolysis) is 1. The highest BCUT2D eigenvalue weighted by atomic mass is 16.5. The van der Waals surface area contributed by atoms with Crippen molar-refractivity contribution in [3.63, 3.8) is 0 Å². The van der Waals surface area contributed by atoms with Crippen molar-refractivity contribution in [3.05, 3.63) is 42.4 Å². The molecule has 0 aliphatic carbocycles. The van der Waals surface area contributed by atoms with E-state index in [1.54, 1.807) is 13.5 Å². The van der Waals surface area contributed by atoms with E-state index < -0.39 is 6.09 Å². The minimum absolute atomic E-state index is 0.383. The fourth-order valence-electron chi connectivity index (χ4n) is 0.864. The third kappa shape index (κ3) is 3.60. The molecule has 0 unspecified atom stereocenters. The molecule has 0 saturated heterocycles. The van der Waals surface area contributed by atoms with Crippen LogP contribution in [0.1, 0.15) is 12.5 Å². The van der Waals surface area contributed by atoms with Gasteiger partial charge in [-0.05, 0) is 12.5 Å². The highest BCUT2D eigenvalue weighted by Gasteiger charge is 1.99. The number of hydrogen-bond donors (Lipinski definition) is 1. The summed E-state index contributed by atoms with van der Waals surface area (Å²) in [7, 11) is 0. The van der Waals surface area contributed by atoms with Gasteiger partial charge >= 0.3 is 6.09 Å². The third-order valence-corrected chi connectivity index (χ3v) is 1.43. The maximum Gasteiger partial charge on any atom is 0.407 e. The number of hydrogen-bond acceptors (Lipinski definition) is 2. The van der Waals surface area contributed by atoms with Crippen LogP contribution in [0, 0.1) is 6.54 Å². The van der Waals surface area contributed by atoms with Crippen LogP contribution in [0.25, 0.3) is 0 Å². The predicted molar refractivity (Wildman–Crippen MR) is 50.0 cm³/mol. The van der Waals surface area contributed by atoms with Crippen LogP contribution in [0.4, 0.5) is 4.79 Å². The highest BCUT2D eigenvalue weighted by Crippen LogP contribution is 1.98. The van der Waals surface area contributed by atoms with Crippen molar-refractivity contribution in [2.45, 2.75) is 6.92 Å². The van der Waals surface area contributed by atoms with Crippen LogP contribution in [-0.2, 0) is 4.74 Å². The molecule has 0 saturated carbocycles. The van der Waals surface area contributed by atoms with Gasteiger partial charge in [-0.15, -0.1) is 0 Å². The van der Waals surface area contributed by atoms with E-state index in [9.17, 15) is 4.79 Å². The van der Waals surface area contributed by atoms with Crippen molar-refractivity contribution in [2.24, 2.45) is 0 Å². The Morgan fingerprint density at radius 2 is 2.15 bits per heavy atom. The summed E-state index contributed by atoms with van der Waals surface area (Å²) in [6, 6.07) is 9.51. The van der Waals surface area contributed by atoms with Crippen LogP contribution in [0.15, 0.2) is 30.3 Å². The van der Waals surface area contributed by atoms with E-state index in [1.165, 1.54) is 0 Å². The summed E-state index contributed by atoms with van der Waals surface area (Å²) in [5.74, 6) is 0. The second-order valence-corrected chi connectivity index (χ2v) is 2.42. The van der Waals surface area contributed by atoms with E-state index in [-0.39, 0.29) is 0 Å². The Morgan fingerprint density at radius 3 is 2.77 bits per heavy atom. The lowest BCUT2D eigenvalue weighted by Crippen LogP contribution is -2.21. The van der Waals surface area contributed by atoms with Gasteiger partial charge in [-0.25, -0.2) is 4.79 Å². The van der Waals surface area contributed by atoms with E-state index >= 15 is 0 Å². The average molecular weight is 178 g/mol. The molecule has 0 aliphatic heterocycles. The van der Waals surface area contributed by atoms with Gasteiger partial charge in [0.05, 0.1) is 13.2 Å². The summed E-state index contributed by atoms with van der Waals surface area (Å²) in [5.41, 5.74) is 0.940. The fraction of sp³-hybridized carbons (Fsp3) is 0.200. The molecule has 0 atom stereocenters. The van der Waals surface area contributed by atoms with Gasteiger partial charge in [0.1, 0.15) is 0 Å². The topological polar surface area (TPSA) is 38.3 Å². The first kappa shape index (κ1) is 9.58. The quantitative estimate of drug-likeness (QED) is 0.768. The van der Waals surface area contributed by atoms with Crippen molar-refractivity contribution in [3.8, 4) is 0 Å². The van der Waals surface area contributed by atoms with Crippen LogP contribution >= 0.6 is 0 Å². The molecule has 0 aliphatic rings. The number of amides is 1. The lowest BCUT2D eigenvalue weighted by Gasteiger charge is -2.03. The minimum atomic E-state index is -0.425. The minimum Gasteiger partial charge on any atom is -0.450 e. The number of rotatable bonds is 3. The van der Waals surface area contributed by atoms with Crippen molar-refractivity contribution in [1.82, 2.24) is 5.32 Å². The van der Waals surface area contributed by atoms with E-state index in [1.807, 2.05) is 30.3 Å². The van der Waals surface area contributed by atoms with Crippen molar-refractivity contribution >= 4 is 6.09 Å². The lowest BCUT2D eigenvalue weighted by atomic mass is 10.2. The largest absolute Gasteiger partial charge is 0.450 e. The van der Waals surface area contributed by atoms with Gasteiger partial charge in [-0.3, -0.25) is 0 Å². The molecule has 0 bridgehead atoms. The van der Waals surface area contributed by atoms with Gasteiger partial charge in [-0.1, -0.05) is 30.3 Å². The molecule has 13 heavy (non-hydrogen) atoms. The number of carbonyl (C=O) groups is 1. The molecule has 0 heterocycles. The Balaban J connectivity index is 2.31. The maximum atomic E-state index is 10.9. The highest BCUT2D eigenvalue weighted by molar-refractivity contribution is 5.68. The molecule has 0 aromatic heterocycles. The third-order valence-electron chi connectivity index (χ3n) is 1.43. The summed E-state index contributed by atoms with van der Waals surface area (Å²) in [5, 5.41) is 2.51. The van der Waals surface area contributed by atoms with Crippen LogP contribution in [-0.4, -0.2) is 12.7 Å². The molecule has 1 amide bonds. The van der Waals surface area contributed by atoms with Gasteiger partial charge < -0.3 is 10.1 Å². The molecular formula is C10H12NO2.